The molecule has 2 rings (SSSR count). The summed E-state index contributed by atoms with van der Waals surface area (Å²) in [5.74, 6) is 0. The molecule has 0 aliphatic carbocycles. The third-order valence-electron chi connectivity index (χ3n) is 3.08. The lowest BCUT2D eigenvalue weighted by molar-refractivity contribution is -0.0104. The van der Waals surface area contributed by atoms with Crippen molar-refractivity contribution in [2.24, 2.45) is 5.73 Å². The second kappa shape index (κ2) is 5.44. The summed E-state index contributed by atoms with van der Waals surface area (Å²) in [5, 5.41) is 9.18. The average Bonchev–Trinajstić information content (AvgIpc) is 2.39. The Morgan fingerprint density at radius 3 is 3.18 bits per heavy atom. The molecule has 0 bridgehead atoms. The second-order valence-electron chi connectivity index (χ2n) is 4.31. The molecule has 0 amide bonds. The van der Waals surface area contributed by atoms with Crippen LogP contribution >= 0.6 is 0 Å². The van der Waals surface area contributed by atoms with Crippen molar-refractivity contribution in [2.75, 3.05) is 24.7 Å². The van der Waals surface area contributed by atoms with Crippen molar-refractivity contribution in [1.82, 2.24) is 4.98 Å². The van der Waals surface area contributed by atoms with Gasteiger partial charge in [0.05, 0.1) is 30.7 Å². The monoisotopic (exact) mass is 237 g/mol. The Balaban J connectivity index is 2.24. The summed E-state index contributed by atoms with van der Waals surface area (Å²) in [5.41, 5.74) is 7.63. The van der Waals surface area contributed by atoms with Gasteiger partial charge in [-0.2, -0.15) is 0 Å². The van der Waals surface area contributed by atoms with Gasteiger partial charge in [-0.1, -0.05) is 0 Å². The molecule has 2 unspecified atom stereocenters. The number of nitrogens with zero attached hydrogens (tertiary/aromatic N) is 2. The maximum absolute atomic E-state index is 9.18. The number of nitrogens with two attached hydrogens (primary N) is 1. The van der Waals surface area contributed by atoms with Gasteiger partial charge in [0, 0.05) is 25.3 Å². The first kappa shape index (κ1) is 12.3. The molecule has 2 atom stereocenters. The van der Waals surface area contributed by atoms with Gasteiger partial charge in [0.2, 0.25) is 0 Å². The smallest absolute Gasteiger partial charge is 0.0981 e. The molecule has 0 aromatic carbocycles. The number of pyridine rings is 1. The molecule has 1 saturated heterocycles. The summed E-state index contributed by atoms with van der Waals surface area (Å²) in [6, 6.07) is 4.20. The van der Waals surface area contributed by atoms with Gasteiger partial charge in [-0.05, 0) is 19.1 Å². The first-order valence-corrected chi connectivity index (χ1v) is 5.89. The summed E-state index contributed by atoms with van der Waals surface area (Å²) in [4.78, 5) is 6.50. The van der Waals surface area contributed by atoms with Gasteiger partial charge in [0.1, 0.15) is 0 Å². The molecule has 5 heteroatoms. The Morgan fingerprint density at radius 2 is 2.47 bits per heavy atom. The Morgan fingerprint density at radius 1 is 1.65 bits per heavy atom. The second-order valence-corrected chi connectivity index (χ2v) is 4.31. The van der Waals surface area contributed by atoms with E-state index in [0.717, 1.165) is 11.4 Å². The lowest BCUT2D eigenvalue weighted by Gasteiger charge is -2.39. The molecule has 1 aromatic heterocycles. The number of aliphatic hydroxyl groups excluding tert-OH is 1. The number of rotatable bonds is 3. The van der Waals surface area contributed by atoms with Crippen molar-refractivity contribution in [1.29, 1.82) is 0 Å². The van der Waals surface area contributed by atoms with Crippen molar-refractivity contribution in [3.05, 3.63) is 24.0 Å². The van der Waals surface area contributed by atoms with Gasteiger partial charge in [-0.3, -0.25) is 4.98 Å². The third kappa shape index (κ3) is 2.57. The molecule has 0 saturated carbocycles. The van der Waals surface area contributed by atoms with E-state index in [1.54, 1.807) is 6.20 Å². The number of morpholine rings is 1. The highest BCUT2D eigenvalue weighted by Gasteiger charge is 2.27. The molecule has 0 spiro atoms. The fourth-order valence-corrected chi connectivity index (χ4v) is 2.11. The average molecular weight is 237 g/mol. The highest BCUT2D eigenvalue weighted by molar-refractivity contribution is 5.51. The van der Waals surface area contributed by atoms with Crippen LogP contribution in [0, 0.1) is 0 Å². The highest BCUT2D eigenvalue weighted by Crippen LogP contribution is 2.24. The van der Waals surface area contributed by atoms with E-state index in [2.05, 4.69) is 16.8 Å². The van der Waals surface area contributed by atoms with Gasteiger partial charge in [-0.15, -0.1) is 0 Å². The molecule has 5 nitrogen and oxygen atoms in total. The Hall–Kier alpha value is -1.17. The molecule has 2 heterocycles. The van der Waals surface area contributed by atoms with E-state index in [0.29, 0.717) is 19.7 Å². The van der Waals surface area contributed by atoms with E-state index >= 15 is 0 Å². The number of ether oxygens (including phenoxy) is 1. The topological polar surface area (TPSA) is 71.6 Å². The highest BCUT2D eigenvalue weighted by atomic mass is 16.5. The molecule has 1 aromatic rings. The normalized spacial score (nSPS) is 25.0. The first-order valence-electron chi connectivity index (χ1n) is 5.89. The Kier molecular flexibility index (Phi) is 3.93. The van der Waals surface area contributed by atoms with E-state index in [9.17, 15) is 5.11 Å². The Labute approximate surface area is 101 Å². The fourth-order valence-electron chi connectivity index (χ4n) is 2.11. The zero-order chi connectivity index (χ0) is 12.3. The molecular weight excluding hydrogens is 218 g/mol. The zero-order valence-corrected chi connectivity index (χ0v) is 10.0. The van der Waals surface area contributed by atoms with Crippen LogP contribution in [0.1, 0.15) is 12.6 Å². The minimum absolute atomic E-state index is 0.0431. The maximum atomic E-state index is 9.18. The van der Waals surface area contributed by atoms with Crippen LogP contribution in [0.2, 0.25) is 0 Å². The number of aliphatic hydroxyl groups is 1. The van der Waals surface area contributed by atoms with Crippen LogP contribution in [0.25, 0.3) is 0 Å². The molecule has 1 aliphatic heterocycles. The van der Waals surface area contributed by atoms with Gasteiger partial charge in [-0.25, -0.2) is 0 Å². The van der Waals surface area contributed by atoms with Crippen LogP contribution in [0.4, 0.5) is 5.69 Å². The summed E-state index contributed by atoms with van der Waals surface area (Å²) < 4.78 is 5.52. The molecule has 1 aliphatic rings. The van der Waals surface area contributed by atoms with Crippen molar-refractivity contribution < 1.29 is 9.84 Å². The predicted octanol–water partition coefficient (Wildman–Crippen LogP) is 0.126. The molecular formula is C12H19N3O2. The van der Waals surface area contributed by atoms with Crippen LogP contribution < -0.4 is 10.6 Å². The molecule has 94 valence electrons. The van der Waals surface area contributed by atoms with Crippen LogP contribution in [-0.4, -0.2) is 42.0 Å². The van der Waals surface area contributed by atoms with Gasteiger partial charge >= 0.3 is 0 Å². The number of hydrogen-bond donors (Lipinski definition) is 2. The maximum Gasteiger partial charge on any atom is 0.0981 e. The zero-order valence-electron chi connectivity index (χ0n) is 10.0. The summed E-state index contributed by atoms with van der Waals surface area (Å²) in [6.45, 7) is 3.85. The van der Waals surface area contributed by atoms with Crippen LogP contribution in [0.3, 0.4) is 0 Å². The van der Waals surface area contributed by atoms with E-state index in [-0.39, 0.29) is 18.8 Å². The van der Waals surface area contributed by atoms with E-state index in [1.807, 2.05) is 12.1 Å². The minimum atomic E-state index is -0.128. The molecule has 17 heavy (non-hydrogen) atoms. The van der Waals surface area contributed by atoms with E-state index in [1.165, 1.54) is 0 Å². The summed E-state index contributed by atoms with van der Waals surface area (Å²) in [6.07, 6.45) is 1.62. The summed E-state index contributed by atoms with van der Waals surface area (Å²) >= 11 is 0. The first-order chi connectivity index (χ1) is 8.26. The SMILES string of the molecule is CC1COC(CO)CN1c1cccnc1CN. The predicted molar refractivity (Wildman–Crippen MR) is 65.8 cm³/mol. The number of aromatic nitrogens is 1. The van der Waals surface area contributed by atoms with Crippen molar-refractivity contribution in [2.45, 2.75) is 25.6 Å². The molecule has 1 fully saturated rings. The van der Waals surface area contributed by atoms with Crippen molar-refractivity contribution >= 4 is 5.69 Å². The summed E-state index contributed by atoms with van der Waals surface area (Å²) in [7, 11) is 0. The molecule has 0 radical (unpaired) electrons. The van der Waals surface area contributed by atoms with E-state index in [4.69, 9.17) is 10.5 Å². The standard InChI is InChI=1S/C12H19N3O2/c1-9-8-17-10(7-16)6-15(9)12-3-2-4-14-11(12)5-13/h2-4,9-10,16H,5-8,13H2,1H3. The minimum Gasteiger partial charge on any atom is -0.394 e. The largest absolute Gasteiger partial charge is 0.394 e. The van der Waals surface area contributed by atoms with Crippen molar-refractivity contribution in [3.8, 4) is 0 Å². The van der Waals surface area contributed by atoms with Crippen LogP contribution in [0.5, 0.6) is 0 Å². The lowest BCUT2D eigenvalue weighted by atomic mass is 10.1. The quantitative estimate of drug-likeness (QED) is 0.781. The van der Waals surface area contributed by atoms with Crippen LogP contribution in [-0.2, 0) is 11.3 Å². The number of hydrogen-bond acceptors (Lipinski definition) is 5. The Bertz CT molecular complexity index is 373. The number of anilines is 1. The van der Waals surface area contributed by atoms with Crippen LogP contribution in [0.15, 0.2) is 18.3 Å². The van der Waals surface area contributed by atoms with E-state index < -0.39 is 0 Å². The molecule has 3 N–H and O–H groups in total. The fraction of sp³-hybridized carbons (Fsp3) is 0.583. The van der Waals surface area contributed by atoms with Gasteiger partial charge in [0.15, 0.2) is 0 Å². The third-order valence-corrected chi connectivity index (χ3v) is 3.08. The van der Waals surface area contributed by atoms with Crippen molar-refractivity contribution in [3.63, 3.8) is 0 Å². The van der Waals surface area contributed by atoms with Gasteiger partial charge in [0.25, 0.3) is 0 Å². The van der Waals surface area contributed by atoms with Gasteiger partial charge < -0.3 is 20.5 Å². The lowest BCUT2D eigenvalue weighted by Crippen LogP contribution is -2.50.